The maximum absolute atomic E-state index is 14.1. The largest absolute Gasteiger partial charge is 0.349 e. The van der Waals surface area contributed by atoms with Gasteiger partial charge in [-0.1, -0.05) is 24.3 Å². The molecule has 1 atom stereocenters. The lowest BCUT2D eigenvalue weighted by Crippen LogP contribution is -2.43. The van der Waals surface area contributed by atoms with Crippen molar-refractivity contribution in [3.05, 3.63) is 52.0 Å². The molecule has 3 aromatic rings. The van der Waals surface area contributed by atoms with Crippen LogP contribution in [0.5, 0.6) is 0 Å². The minimum atomic E-state index is -0.872. The van der Waals surface area contributed by atoms with Crippen molar-refractivity contribution >= 4 is 27.3 Å². The molecule has 1 N–H and O–H groups in total. The molecule has 1 aliphatic heterocycles. The molecule has 1 saturated heterocycles. The molecule has 1 aliphatic rings. The highest BCUT2D eigenvalue weighted by Gasteiger charge is 2.33. The maximum atomic E-state index is 14.1. The average Bonchev–Trinajstić information content (AvgIpc) is 3.36. The Morgan fingerprint density at radius 1 is 1.43 bits per heavy atom. The molecule has 0 aromatic carbocycles. The number of halogens is 1. The van der Waals surface area contributed by atoms with E-state index in [0.717, 1.165) is 16.6 Å². The molecule has 28 heavy (non-hydrogen) atoms. The first-order valence-corrected chi connectivity index (χ1v) is 9.92. The van der Waals surface area contributed by atoms with E-state index in [2.05, 4.69) is 20.4 Å². The Balaban J connectivity index is 1.57. The van der Waals surface area contributed by atoms with E-state index < -0.39 is 17.4 Å². The highest BCUT2D eigenvalue weighted by molar-refractivity contribution is 7.20. The zero-order valence-corrected chi connectivity index (χ0v) is 16.1. The first-order chi connectivity index (χ1) is 13.6. The number of carbonyl (C=O) groups excluding carboxylic acids is 1. The molecule has 4 heterocycles. The zero-order chi connectivity index (χ0) is 19.7. The summed E-state index contributed by atoms with van der Waals surface area (Å²) in [6.07, 6.45) is 3.52. The van der Waals surface area contributed by atoms with Crippen LogP contribution in [0.1, 0.15) is 31.2 Å². The van der Waals surface area contributed by atoms with Gasteiger partial charge >= 0.3 is 5.56 Å². The normalized spacial score (nSPS) is 16.6. The Morgan fingerprint density at radius 3 is 3.04 bits per heavy atom. The van der Waals surface area contributed by atoms with E-state index in [1.54, 1.807) is 13.1 Å². The second kappa shape index (κ2) is 7.63. The number of rotatable bonds is 5. The molecule has 1 unspecified atom stereocenters. The van der Waals surface area contributed by atoms with Crippen LogP contribution in [0.3, 0.4) is 0 Å². The number of pyridine rings is 1. The molecule has 10 heteroatoms. The fourth-order valence-electron chi connectivity index (χ4n) is 3.27. The molecule has 4 rings (SSSR count). The molecule has 3 aromatic heterocycles. The second-order valence-electron chi connectivity index (χ2n) is 6.50. The van der Waals surface area contributed by atoms with Gasteiger partial charge in [0.2, 0.25) is 21.8 Å². The topological polar surface area (TPSA) is 92.5 Å². The van der Waals surface area contributed by atoms with Crippen molar-refractivity contribution in [3.8, 4) is 0 Å². The van der Waals surface area contributed by atoms with Crippen LogP contribution in [0.25, 0.3) is 4.96 Å². The maximum Gasteiger partial charge on any atom is 0.311 e. The Labute approximate surface area is 164 Å². The number of amides is 1. The van der Waals surface area contributed by atoms with Gasteiger partial charge in [0.05, 0.1) is 17.9 Å². The summed E-state index contributed by atoms with van der Waals surface area (Å²) >= 11 is 1.19. The van der Waals surface area contributed by atoms with Crippen LogP contribution in [0, 0.1) is 5.82 Å². The van der Waals surface area contributed by atoms with E-state index in [1.165, 1.54) is 11.3 Å². The summed E-state index contributed by atoms with van der Waals surface area (Å²) in [5.74, 6) is -0.994. The third kappa shape index (κ3) is 3.35. The van der Waals surface area contributed by atoms with Gasteiger partial charge in [-0.25, -0.2) is 4.98 Å². The predicted octanol–water partition coefficient (Wildman–Crippen LogP) is 1.53. The Hall–Kier alpha value is -2.88. The Kier molecular flexibility index (Phi) is 5.03. The first kappa shape index (κ1) is 18.5. The van der Waals surface area contributed by atoms with Crippen LogP contribution < -0.4 is 15.8 Å². The highest BCUT2D eigenvalue weighted by Crippen LogP contribution is 2.29. The quantitative estimate of drug-likeness (QED) is 0.696. The van der Waals surface area contributed by atoms with Crippen LogP contribution in [-0.4, -0.2) is 38.1 Å². The van der Waals surface area contributed by atoms with E-state index in [4.69, 9.17) is 0 Å². The van der Waals surface area contributed by atoms with Crippen LogP contribution in [0.15, 0.2) is 29.2 Å². The third-order valence-electron chi connectivity index (χ3n) is 4.72. The Bertz CT molecular complexity index is 1070. The van der Waals surface area contributed by atoms with Gasteiger partial charge in [-0.3, -0.25) is 14.6 Å². The number of fused-ring (bicyclic) bond motifs is 1. The summed E-state index contributed by atoms with van der Waals surface area (Å²) in [7, 11) is 0. The van der Waals surface area contributed by atoms with Gasteiger partial charge in [-0.15, -0.1) is 5.10 Å². The molecular weight excluding hydrogens is 383 g/mol. The van der Waals surface area contributed by atoms with Crippen molar-refractivity contribution in [2.45, 2.75) is 38.8 Å². The summed E-state index contributed by atoms with van der Waals surface area (Å²) in [5.41, 5.74) is 0.102. The van der Waals surface area contributed by atoms with Crippen LogP contribution in [-0.2, 0) is 17.8 Å². The predicted molar refractivity (Wildman–Crippen MR) is 103 cm³/mol. The molecule has 0 bridgehead atoms. The van der Waals surface area contributed by atoms with Gasteiger partial charge in [0.15, 0.2) is 0 Å². The molecule has 1 fully saturated rings. The van der Waals surface area contributed by atoms with Gasteiger partial charge in [0.25, 0.3) is 0 Å². The second-order valence-corrected chi connectivity index (χ2v) is 7.43. The summed E-state index contributed by atoms with van der Waals surface area (Å²) in [6, 6.07) is 5.14. The lowest BCUT2D eigenvalue weighted by atomic mass is 10.2. The minimum Gasteiger partial charge on any atom is -0.349 e. The summed E-state index contributed by atoms with van der Waals surface area (Å²) in [4.78, 5) is 35.5. The monoisotopic (exact) mass is 402 g/mol. The van der Waals surface area contributed by atoms with Crippen molar-refractivity contribution in [3.63, 3.8) is 0 Å². The van der Waals surface area contributed by atoms with Gasteiger partial charge < -0.3 is 10.2 Å². The van der Waals surface area contributed by atoms with Crippen LogP contribution in [0.4, 0.5) is 9.52 Å². The average molecular weight is 402 g/mol. The smallest absolute Gasteiger partial charge is 0.311 e. The number of anilines is 1. The molecule has 0 spiro atoms. The fourth-order valence-corrected chi connectivity index (χ4v) is 4.26. The van der Waals surface area contributed by atoms with Gasteiger partial charge in [0, 0.05) is 12.7 Å². The summed E-state index contributed by atoms with van der Waals surface area (Å²) in [6.45, 7) is 2.72. The van der Waals surface area contributed by atoms with E-state index >= 15 is 0 Å². The number of nitrogens with zero attached hydrogens (tertiary/aromatic N) is 5. The SMILES string of the molecule is CCc1nc2sc(N3CCCC3C(=O)NCc3ccccn3)nn2c(=O)c1F. The van der Waals surface area contributed by atoms with E-state index in [0.29, 0.717) is 36.0 Å². The van der Waals surface area contributed by atoms with Gasteiger partial charge in [-0.05, 0) is 31.4 Å². The third-order valence-corrected chi connectivity index (χ3v) is 5.66. The summed E-state index contributed by atoms with van der Waals surface area (Å²) < 4.78 is 15.1. The lowest BCUT2D eigenvalue weighted by Gasteiger charge is -2.22. The number of aromatic nitrogens is 4. The Morgan fingerprint density at radius 2 is 2.29 bits per heavy atom. The minimum absolute atomic E-state index is 0.122. The fraction of sp³-hybridized carbons (Fsp3) is 0.389. The molecule has 8 nitrogen and oxygen atoms in total. The zero-order valence-electron chi connectivity index (χ0n) is 15.3. The molecule has 146 valence electrons. The first-order valence-electron chi connectivity index (χ1n) is 9.11. The number of aryl methyl sites for hydroxylation is 1. The van der Waals surface area contributed by atoms with Crippen molar-refractivity contribution < 1.29 is 9.18 Å². The number of carbonyl (C=O) groups is 1. The number of hydrogen-bond donors (Lipinski definition) is 1. The van der Waals surface area contributed by atoms with E-state index in [9.17, 15) is 14.0 Å². The molecule has 1 amide bonds. The molecule has 0 radical (unpaired) electrons. The summed E-state index contributed by atoms with van der Waals surface area (Å²) in [5, 5.41) is 7.63. The van der Waals surface area contributed by atoms with Crippen molar-refractivity contribution in [1.29, 1.82) is 0 Å². The van der Waals surface area contributed by atoms with Crippen LogP contribution >= 0.6 is 11.3 Å². The highest BCUT2D eigenvalue weighted by atomic mass is 32.1. The van der Waals surface area contributed by atoms with Crippen molar-refractivity contribution in [2.75, 3.05) is 11.4 Å². The molecule has 0 saturated carbocycles. The molecular formula is C18H19FN6O2S. The van der Waals surface area contributed by atoms with E-state index in [-0.39, 0.29) is 11.6 Å². The molecule has 0 aliphatic carbocycles. The standard InChI is InChI=1S/C18H19FN6O2S/c1-2-12-14(19)16(27)25-17(22-12)28-18(23-25)24-9-5-7-13(24)15(26)21-10-11-6-3-4-8-20-11/h3-4,6,8,13H,2,5,7,9-10H2,1H3,(H,21,26). The van der Waals surface area contributed by atoms with Gasteiger partial charge in [-0.2, -0.15) is 8.91 Å². The number of nitrogens with one attached hydrogen (secondary N) is 1. The lowest BCUT2D eigenvalue weighted by molar-refractivity contribution is -0.122. The van der Waals surface area contributed by atoms with Crippen molar-refractivity contribution in [2.24, 2.45) is 0 Å². The van der Waals surface area contributed by atoms with Crippen LogP contribution in [0.2, 0.25) is 0 Å². The van der Waals surface area contributed by atoms with E-state index in [1.807, 2.05) is 23.1 Å². The van der Waals surface area contributed by atoms with Crippen molar-refractivity contribution in [1.82, 2.24) is 24.9 Å². The number of hydrogen-bond acceptors (Lipinski definition) is 7. The van der Waals surface area contributed by atoms with Gasteiger partial charge in [0.1, 0.15) is 6.04 Å².